The minimum absolute atomic E-state index is 0.0109. The number of carbonyl (C=O) groups is 2. The summed E-state index contributed by atoms with van der Waals surface area (Å²) < 4.78 is 24.3. The summed E-state index contributed by atoms with van der Waals surface area (Å²) in [6.45, 7) is 1.14. The van der Waals surface area contributed by atoms with E-state index in [1.54, 1.807) is 25.1 Å². The standard InChI is InChI=1S/C24H18FNO4/c1-15-17-11-7-12-19(25)23(17)30-22(15)24(28)29-14-21(27)26-20-13-6-5-10-18(20)16-8-3-2-4-9-16/h2-13H,14H2,1H3,(H,26,27). The minimum Gasteiger partial charge on any atom is -0.450 e. The molecule has 5 nitrogen and oxygen atoms in total. The fraction of sp³-hybridized carbons (Fsp3) is 0.0833. The monoisotopic (exact) mass is 403 g/mol. The van der Waals surface area contributed by atoms with E-state index < -0.39 is 24.3 Å². The molecule has 0 bridgehead atoms. The summed E-state index contributed by atoms with van der Waals surface area (Å²) in [4.78, 5) is 24.7. The molecule has 0 aliphatic carbocycles. The van der Waals surface area contributed by atoms with Gasteiger partial charge in [-0.15, -0.1) is 0 Å². The van der Waals surface area contributed by atoms with E-state index in [0.717, 1.165) is 11.1 Å². The van der Waals surface area contributed by atoms with Gasteiger partial charge in [-0.1, -0.05) is 60.7 Å². The molecule has 3 aromatic carbocycles. The van der Waals surface area contributed by atoms with Gasteiger partial charge in [-0.3, -0.25) is 4.79 Å². The molecule has 150 valence electrons. The summed E-state index contributed by atoms with van der Waals surface area (Å²) in [5.74, 6) is -2.00. The van der Waals surface area contributed by atoms with Gasteiger partial charge in [-0.05, 0) is 24.6 Å². The molecule has 0 aliphatic rings. The Balaban J connectivity index is 1.46. The SMILES string of the molecule is Cc1c(C(=O)OCC(=O)Nc2ccccc2-c2ccccc2)oc2c(F)cccc12. The number of esters is 1. The van der Waals surface area contributed by atoms with Crippen LogP contribution < -0.4 is 5.32 Å². The summed E-state index contributed by atoms with van der Waals surface area (Å²) in [7, 11) is 0. The van der Waals surface area contributed by atoms with Crippen LogP contribution in [0.15, 0.2) is 77.2 Å². The topological polar surface area (TPSA) is 68.5 Å². The molecule has 1 aromatic heterocycles. The van der Waals surface area contributed by atoms with Gasteiger partial charge >= 0.3 is 5.97 Å². The Labute approximate surface area is 172 Å². The predicted octanol–water partition coefficient (Wildman–Crippen LogP) is 5.34. The molecule has 1 N–H and O–H groups in total. The molecule has 0 atom stereocenters. The molecule has 1 amide bonds. The van der Waals surface area contributed by atoms with Crippen LogP contribution in [0, 0.1) is 12.7 Å². The molecule has 0 radical (unpaired) electrons. The second-order valence-electron chi connectivity index (χ2n) is 6.71. The van der Waals surface area contributed by atoms with E-state index in [9.17, 15) is 14.0 Å². The summed E-state index contributed by atoms with van der Waals surface area (Å²) in [6.07, 6.45) is 0. The first kappa shape index (κ1) is 19.4. The molecule has 0 aliphatic heterocycles. The molecule has 1 heterocycles. The maximum Gasteiger partial charge on any atom is 0.375 e. The van der Waals surface area contributed by atoms with Crippen molar-refractivity contribution in [2.45, 2.75) is 6.92 Å². The first-order valence-electron chi connectivity index (χ1n) is 9.33. The van der Waals surface area contributed by atoms with Gasteiger partial charge in [0.25, 0.3) is 5.91 Å². The first-order valence-corrected chi connectivity index (χ1v) is 9.33. The molecular formula is C24H18FNO4. The third kappa shape index (κ3) is 3.80. The molecule has 0 spiro atoms. The van der Waals surface area contributed by atoms with Gasteiger partial charge < -0.3 is 14.5 Å². The van der Waals surface area contributed by atoms with Gasteiger partial charge in [-0.2, -0.15) is 0 Å². The number of fused-ring (bicyclic) bond motifs is 1. The maximum absolute atomic E-state index is 13.9. The third-order valence-electron chi connectivity index (χ3n) is 4.72. The molecule has 0 saturated carbocycles. The number of nitrogens with one attached hydrogen (secondary N) is 1. The smallest absolute Gasteiger partial charge is 0.375 e. The average molecular weight is 403 g/mol. The number of carbonyl (C=O) groups excluding carboxylic acids is 2. The van der Waals surface area contributed by atoms with Crippen molar-refractivity contribution in [3.63, 3.8) is 0 Å². The van der Waals surface area contributed by atoms with Crippen LogP contribution in [0.3, 0.4) is 0 Å². The Morgan fingerprint density at radius 2 is 1.70 bits per heavy atom. The van der Waals surface area contributed by atoms with Gasteiger partial charge in [0.15, 0.2) is 18.0 Å². The zero-order chi connectivity index (χ0) is 21.1. The number of benzene rings is 3. The van der Waals surface area contributed by atoms with Crippen LogP contribution in [0.2, 0.25) is 0 Å². The Morgan fingerprint density at radius 3 is 2.47 bits per heavy atom. The zero-order valence-corrected chi connectivity index (χ0v) is 16.1. The van der Waals surface area contributed by atoms with Crippen molar-refractivity contribution in [3.8, 4) is 11.1 Å². The Bertz CT molecular complexity index is 1230. The number of furan rings is 1. The van der Waals surface area contributed by atoms with Crippen molar-refractivity contribution in [3.05, 3.63) is 89.9 Å². The fourth-order valence-corrected chi connectivity index (χ4v) is 3.25. The zero-order valence-electron chi connectivity index (χ0n) is 16.1. The van der Waals surface area contributed by atoms with Crippen molar-refractivity contribution in [2.24, 2.45) is 0 Å². The summed E-state index contributed by atoms with van der Waals surface area (Å²) in [5.41, 5.74) is 2.85. The second kappa shape index (κ2) is 8.21. The van der Waals surface area contributed by atoms with E-state index in [1.165, 1.54) is 12.1 Å². The average Bonchev–Trinajstić information content (AvgIpc) is 3.11. The summed E-state index contributed by atoms with van der Waals surface area (Å²) in [5, 5.41) is 3.25. The lowest BCUT2D eigenvalue weighted by Gasteiger charge is -2.11. The number of hydrogen-bond donors (Lipinski definition) is 1. The van der Waals surface area contributed by atoms with Gasteiger partial charge in [0.1, 0.15) is 0 Å². The van der Waals surface area contributed by atoms with Crippen LogP contribution in [0.1, 0.15) is 16.1 Å². The molecule has 0 saturated heterocycles. The van der Waals surface area contributed by atoms with Crippen LogP contribution >= 0.6 is 0 Å². The highest BCUT2D eigenvalue weighted by Crippen LogP contribution is 2.29. The molecule has 0 fully saturated rings. The minimum atomic E-state index is -0.824. The van der Waals surface area contributed by atoms with Crippen LogP contribution in [0.4, 0.5) is 10.1 Å². The third-order valence-corrected chi connectivity index (χ3v) is 4.72. The number of rotatable bonds is 5. The van der Waals surface area contributed by atoms with Crippen molar-refractivity contribution < 1.29 is 23.1 Å². The maximum atomic E-state index is 13.9. The number of para-hydroxylation sites is 2. The lowest BCUT2D eigenvalue weighted by Crippen LogP contribution is -2.21. The van der Waals surface area contributed by atoms with Crippen molar-refractivity contribution in [1.29, 1.82) is 0 Å². The van der Waals surface area contributed by atoms with Crippen LogP contribution in [0.5, 0.6) is 0 Å². The van der Waals surface area contributed by atoms with Gasteiger partial charge in [0.2, 0.25) is 5.76 Å². The largest absolute Gasteiger partial charge is 0.450 e. The molecule has 6 heteroatoms. The Hall–Kier alpha value is -3.93. The number of hydrogen-bond acceptors (Lipinski definition) is 4. The Morgan fingerprint density at radius 1 is 0.967 bits per heavy atom. The van der Waals surface area contributed by atoms with E-state index in [2.05, 4.69) is 5.32 Å². The normalized spacial score (nSPS) is 10.7. The number of halogens is 1. The van der Waals surface area contributed by atoms with Crippen LogP contribution in [0.25, 0.3) is 22.1 Å². The first-order chi connectivity index (χ1) is 14.5. The number of anilines is 1. The lowest BCUT2D eigenvalue weighted by molar-refractivity contribution is -0.119. The van der Waals surface area contributed by atoms with E-state index >= 15 is 0 Å². The van der Waals surface area contributed by atoms with Gasteiger partial charge in [0.05, 0.1) is 0 Å². The van der Waals surface area contributed by atoms with E-state index in [-0.39, 0.29) is 11.3 Å². The molecular weight excluding hydrogens is 385 g/mol. The molecule has 30 heavy (non-hydrogen) atoms. The van der Waals surface area contributed by atoms with Crippen molar-refractivity contribution in [1.82, 2.24) is 0 Å². The van der Waals surface area contributed by atoms with Gasteiger partial charge in [0, 0.05) is 22.2 Å². The van der Waals surface area contributed by atoms with E-state index in [1.807, 2.05) is 42.5 Å². The van der Waals surface area contributed by atoms with Gasteiger partial charge in [-0.25, -0.2) is 9.18 Å². The number of amides is 1. The number of ether oxygens (including phenoxy) is 1. The fourth-order valence-electron chi connectivity index (χ4n) is 3.25. The summed E-state index contributed by atoms with van der Waals surface area (Å²) >= 11 is 0. The summed E-state index contributed by atoms with van der Waals surface area (Å²) in [6, 6.07) is 21.4. The molecule has 4 aromatic rings. The Kier molecular flexibility index (Phi) is 5.30. The highest BCUT2D eigenvalue weighted by atomic mass is 19.1. The molecule has 4 rings (SSSR count). The number of aryl methyl sites for hydroxylation is 1. The highest BCUT2D eigenvalue weighted by Gasteiger charge is 2.21. The molecule has 0 unspecified atom stereocenters. The van der Waals surface area contributed by atoms with Crippen LogP contribution in [-0.2, 0) is 9.53 Å². The predicted molar refractivity (Wildman–Crippen MR) is 112 cm³/mol. The van der Waals surface area contributed by atoms with E-state index in [4.69, 9.17) is 9.15 Å². The quantitative estimate of drug-likeness (QED) is 0.457. The lowest BCUT2D eigenvalue weighted by atomic mass is 10.0. The van der Waals surface area contributed by atoms with Crippen LogP contribution in [-0.4, -0.2) is 18.5 Å². The van der Waals surface area contributed by atoms with Crippen molar-refractivity contribution >= 4 is 28.5 Å². The van der Waals surface area contributed by atoms with E-state index in [0.29, 0.717) is 16.6 Å². The second-order valence-corrected chi connectivity index (χ2v) is 6.71. The highest BCUT2D eigenvalue weighted by molar-refractivity contribution is 5.99. The van der Waals surface area contributed by atoms with Crippen molar-refractivity contribution in [2.75, 3.05) is 11.9 Å².